The lowest BCUT2D eigenvalue weighted by atomic mass is 9.97. The number of halogens is 1. The predicted molar refractivity (Wildman–Crippen MR) is 96.2 cm³/mol. The minimum atomic E-state index is -0.506. The molecule has 1 fully saturated rings. The average Bonchev–Trinajstić information content (AvgIpc) is 2.86. The molecule has 2 aliphatic rings. The van der Waals surface area contributed by atoms with Gasteiger partial charge in [-0.1, -0.05) is 28.1 Å². The molecule has 6 nitrogen and oxygen atoms in total. The first kappa shape index (κ1) is 18.1. The lowest BCUT2D eigenvalue weighted by Crippen LogP contribution is -3.20. The standard InChI is InChI=1S/C18H22BrN3O3/c1-12(23)15-16(13-2-4-14(19)5-3-13)22(18(25)17(15)24)11-10-21-8-6-20-7-9-21/h2-5,16,20,24H,6-11H2,1H3/p+2/t16-/m0/s1. The first-order chi connectivity index (χ1) is 12.0. The van der Waals surface area contributed by atoms with Gasteiger partial charge in [0, 0.05) is 4.47 Å². The maximum absolute atomic E-state index is 12.6. The van der Waals surface area contributed by atoms with Crippen molar-refractivity contribution in [1.29, 1.82) is 0 Å². The van der Waals surface area contributed by atoms with Crippen LogP contribution in [-0.2, 0) is 9.59 Å². The number of nitrogens with zero attached hydrogens (tertiary/aromatic N) is 1. The Kier molecular flexibility index (Phi) is 5.56. The number of Topliss-reactive ketones (excluding diaryl/α,β-unsaturated/α-hetero) is 1. The maximum atomic E-state index is 12.6. The molecular formula is C18H24BrN3O3+2. The molecule has 7 heteroatoms. The fourth-order valence-corrected chi connectivity index (χ4v) is 3.91. The Bertz CT molecular complexity index is 696. The zero-order chi connectivity index (χ0) is 18.0. The molecule has 1 aromatic rings. The summed E-state index contributed by atoms with van der Waals surface area (Å²) in [5.41, 5.74) is 1.04. The van der Waals surface area contributed by atoms with Crippen LogP contribution in [0.1, 0.15) is 18.5 Å². The van der Waals surface area contributed by atoms with Gasteiger partial charge >= 0.3 is 0 Å². The van der Waals surface area contributed by atoms with E-state index in [9.17, 15) is 14.7 Å². The summed E-state index contributed by atoms with van der Waals surface area (Å²) in [5.74, 6) is -1.11. The molecule has 1 atom stereocenters. The van der Waals surface area contributed by atoms with Gasteiger partial charge in [-0.05, 0) is 24.6 Å². The van der Waals surface area contributed by atoms with Crippen LogP contribution in [0.15, 0.2) is 40.1 Å². The van der Waals surface area contributed by atoms with Crippen LogP contribution in [0, 0.1) is 0 Å². The summed E-state index contributed by atoms with van der Waals surface area (Å²) in [6.45, 7) is 7.10. The molecule has 0 bridgehead atoms. The largest absolute Gasteiger partial charge is 0.503 e. The van der Waals surface area contributed by atoms with E-state index in [1.807, 2.05) is 24.3 Å². The van der Waals surface area contributed by atoms with E-state index >= 15 is 0 Å². The van der Waals surface area contributed by atoms with Crippen molar-refractivity contribution in [2.24, 2.45) is 0 Å². The lowest BCUT2D eigenvalue weighted by Gasteiger charge is -2.29. The van der Waals surface area contributed by atoms with Crippen molar-refractivity contribution in [1.82, 2.24) is 4.90 Å². The van der Waals surface area contributed by atoms with Crippen molar-refractivity contribution in [2.75, 3.05) is 39.3 Å². The van der Waals surface area contributed by atoms with Gasteiger partial charge in [0.05, 0.1) is 24.7 Å². The van der Waals surface area contributed by atoms with Crippen molar-refractivity contribution in [2.45, 2.75) is 13.0 Å². The van der Waals surface area contributed by atoms with Crippen molar-refractivity contribution < 1.29 is 24.9 Å². The summed E-state index contributed by atoms with van der Waals surface area (Å²) in [4.78, 5) is 27.8. The summed E-state index contributed by atoms with van der Waals surface area (Å²) in [6.07, 6.45) is 0. The van der Waals surface area contributed by atoms with Crippen LogP contribution >= 0.6 is 15.9 Å². The van der Waals surface area contributed by atoms with Gasteiger partial charge in [0.25, 0.3) is 5.91 Å². The van der Waals surface area contributed by atoms with Gasteiger partial charge in [0.15, 0.2) is 11.5 Å². The molecule has 3 rings (SSSR count). The van der Waals surface area contributed by atoms with Crippen molar-refractivity contribution in [3.8, 4) is 0 Å². The second-order valence-corrected chi connectivity index (χ2v) is 7.55. The van der Waals surface area contributed by atoms with Gasteiger partial charge in [-0.2, -0.15) is 0 Å². The molecule has 2 heterocycles. The molecule has 1 amide bonds. The van der Waals surface area contributed by atoms with E-state index in [1.54, 1.807) is 4.90 Å². The minimum Gasteiger partial charge on any atom is -0.503 e. The van der Waals surface area contributed by atoms with E-state index in [-0.39, 0.29) is 11.4 Å². The number of hydrogen-bond donors (Lipinski definition) is 3. The number of rotatable bonds is 5. The summed E-state index contributed by atoms with van der Waals surface area (Å²) in [6, 6.07) is 7.04. The van der Waals surface area contributed by atoms with Gasteiger partial charge in [-0.15, -0.1) is 0 Å². The number of amides is 1. The van der Waals surface area contributed by atoms with Crippen molar-refractivity contribution >= 4 is 27.6 Å². The average molecular weight is 410 g/mol. The molecule has 4 N–H and O–H groups in total. The fraction of sp³-hybridized carbons (Fsp3) is 0.444. The van der Waals surface area contributed by atoms with E-state index < -0.39 is 17.7 Å². The third kappa shape index (κ3) is 3.78. The number of carbonyl (C=O) groups excluding carboxylic acids is 2. The molecule has 2 aliphatic heterocycles. The summed E-state index contributed by atoms with van der Waals surface area (Å²) in [7, 11) is 0. The van der Waals surface area contributed by atoms with E-state index in [0.29, 0.717) is 6.54 Å². The number of aliphatic hydroxyl groups is 1. The Labute approximate surface area is 155 Å². The van der Waals surface area contributed by atoms with Crippen molar-refractivity contribution in [3.63, 3.8) is 0 Å². The molecule has 0 spiro atoms. The molecule has 1 aromatic carbocycles. The number of aliphatic hydroxyl groups excluding tert-OH is 1. The highest BCUT2D eigenvalue weighted by Gasteiger charge is 2.42. The Balaban J connectivity index is 1.85. The number of ketones is 1. The molecular weight excluding hydrogens is 386 g/mol. The summed E-state index contributed by atoms with van der Waals surface area (Å²) < 4.78 is 0.929. The number of carbonyl (C=O) groups is 2. The van der Waals surface area contributed by atoms with Crippen LogP contribution in [0.2, 0.25) is 0 Å². The Morgan fingerprint density at radius 3 is 2.56 bits per heavy atom. The van der Waals surface area contributed by atoms with Gasteiger partial charge in [-0.25, -0.2) is 0 Å². The zero-order valence-electron chi connectivity index (χ0n) is 14.3. The van der Waals surface area contributed by atoms with Crippen LogP contribution in [0.5, 0.6) is 0 Å². The number of nitrogens with one attached hydrogen (secondary N) is 1. The minimum absolute atomic E-state index is 0.203. The fourth-order valence-electron chi connectivity index (χ4n) is 3.65. The number of quaternary nitrogens is 2. The van der Waals surface area contributed by atoms with Crippen LogP contribution in [0.3, 0.4) is 0 Å². The van der Waals surface area contributed by atoms with Gasteiger partial charge in [0.1, 0.15) is 26.2 Å². The SMILES string of the molecule is CC(=O)C1=C(O)C(=O)N(CC[NH+]2CC[NH2+]CC2)[C@H]1c1ccc(Br)cc1. The molecule has 0 saturated carbocycles. The molecule has 0 unspecified atom stereocenters. The van der Waals surface area contributed by atoms with E-state index in [4.69, 9.17) is 0 Å². The smallest absolute Gasteiger partial charge is 0.290 e. The quantitative estimate of drug-likeness (QED) is 0.595. The van der Waals surface area contributed by atoms with E-state index in [1.165, 1.54) is 11.8 Å². The number of piperazine rings is 1. The highest BCUT2D eigenvalue weighted by atomic mass is 79.9. The first-order valence-electron chi connectivity index (χ1n) is 8.64. The Hall–Kier alpha value is -1.70. The normalized spacial score (nSPS) is 21.9. The molecule has 0 aromatic heterocycles. The van der Waals surface area contributed by atoms with Gasteiger partial charge < -0.3 is 20.2 Å². The Morgan fingerprint density at radius 1 is 1.32 bits per heavy atom. The van der Waals surface area contributed by atoms with Crippen LogP contribution < -0.4 is 10.2 Å². The number of hydrogen-bond acceptors (Lipinski definition) is 3. The summed E-state index contributed by atoms with van der Waals surface area (Å²) in [5, 5.41) is 12.6. The molecule has 25 heavy (non-hydrogen) atoms. The zero-order valence-corrected chi connectivity index (χ0v) is 15.9. The lowest BCUT2D eigenvalue weighted by molar-refractivity contribution is -0.946. The highest BCUT2D eigenvalue weighted by molar-refractivity contribution is 9.10. The summed E-state index contributed by atoms with van der Waals surface area (Å²) >= 11 is 3.40. The van der Waals surface area contributed by atoms with Gasteiger partial charge in [-0.3, -0.25) is 9.59 Å². The second-order valence-electron chi connectivity index (χ2n) is 6.64. The molecule has 1 saturated heterocycles. The highest BCUT2D eigenvalue weighted by Crippen LogP contribution is 2.37. The van der Waals surface area contributed by atoms with E-state index in [0.717, 1.165) is 42.8 Å². The predicted octanol–water partition coefficient (Wildman–Crippen LogP) is -0.805. The molecule has 0 radical (unpaired) electrons. The molecule has 134 valence electrons. The maximum Gasteiger partial charge on any atom is 0.290 e. The second kappa shape index (κ2) is 7.68. The van der Waals surface area contributed by atoms with Gasteiger partial charge in [0.2, 0.25) is 0 Å². The monoisotopic (exact) mass is 409 g/mol. The third-order valence-electron chi connectivity index (χ3n) is 4.98. The number of benzene rings is 1. The molecule has 0 aliphatic carbocycles. The number of nitrogens with two attached hydrogens (primary N) is 1. The third-order valence-corrected chi connectivity index (χ3v) is 5.51. The first-order valence-corrected chi connectivity index (χ1v) is 9.44. The van der Waals surface area contributed by atoms with Crippen LogP contribution in [0.4, 0.5) is 0 Å². The van der Waals surface area contributed by atoms with Crippen LogP contribution in [0.25, 0.3) is 0 Å². The van der Waals surface area contributed by atoms with E-state index in [2.05, 4.69) is 21.2 Å². The van der Waals surface area contributed by atoms with Crippen molar-refractivity contribution in [3.05, 3.63) is 45.6 Å². The Morgan fingerprint density at radius 2 is 1.96 bits per heavy atom. The van der Waals surface area contributed by atoms with Crippen LogP contribution in [-0.4, -0.2) is 61.0 Å². The topological polar surface area (TPSA) is 78.7 Å².